The van der Waals surface area contributed by atoms with E-state index in [2.05, 4.69) is 15.9 Å². The van der Waals surface area contributed by atoms with Crippen LogP contribution in [0.15, 0.2) is 22.7 Å². The fourth-order valence-corrected chi connectivity index (χ4v) is 2.90. The third-order valence-electron chi connectivity index (χ3n) is 3.28. The first-order chi connectivity index (χ1) is 8.16. The van der Waals surface area contributed by atoms with Crippen LogP contribution in [0.3, 0.4) is 0 Å². The highest BCUT2D eigenvalue weighted by atomic mass is 79.9. The van der Waals surface area contributed by atoms with Crippen molar-refractivity contribution in [2.24, 2.45) is 5.92 Å². The molecule has 1 saturated carbocycles. The van der Waals surface area contributed by atoms with Crippen LogP contribution in [-0.4, -0.2) is 12.4 Å². The first kappa shape index (κ1) is 12.6. The number of ether oxygens (including phenoxy) is 1. The van der Waals surface area contributed by atoms with Crippen LogP contribution in [0.25, 0.3) is 0 Å². The van der Waals surface area contributed by atoms with Crippen molar-refractivity contribution in [2.45, 2.75) is 32.6 Å². The molecule has 0 spiro atoms. The SMILES string of the molecule is CC(=O)c1ccc(OCC2CCCC2)cc1Br. The summed E-state index contributed by atoms with van der Waals surface area (Å²) in [7, 11) is 0. The molecule has 0 bridgehead atoms. The van der Waals surface area contributed by atoms with Gasteiger partial charge in [0.1, 0.15) is 5.75 Å². The standard InChI is InChI=1S/C14H17BrO2/c1-10(16)13-7-6-12(8-14(13)15)17-9-11-4-2-3-5-11/h6-8,11H,2-5,9H2,1H3. The molecule has 1 aliphatic rings. The van der Waals surface area contributed by atoms with Gasteiger partial charge in [-0.2, -0.15) is 0 Å². The van der Waals surface area contributed by atoms with E-state index >= 15 is 0 Å². The number of carbonyl (C=O) groups excluding carboxylic acids is 1. The Hall–Kier alpha value is -0.830. The fraction of sp³-hybridized carbons (Fsp3) is 0.500. The quantitative estimate of drug-likeness (QED) is 0.778. The summed E-state index contributed by atoms with van der Waals surface area (Å²) in [5.74, 6) is 1.62. The minimum Gasteiger partial charge on any atom is -0.493 e. The zero-order valence-corrected chi connectivity index (χ0v) is 11.6. The van der Waals surface area contributed by atoms with E-state index in [9.17, 15) is 4.79 Å². The van der Waals surface area contributed by atoms with Crippen LogP contribution >= 0.6 is 15.9 Å². The maximum absolute atomic E-state index is 11.3. The number of carbonyl (C=O) groups is 1. The van der Waals surface area contributed by atoms with Crippen molar-refractivity contribution in [3.63, 3.8) is 0 Å². The molecular weight excluding hydrogens is 280 g/mol. The van der Waals surface area contributed by atoms with Gasteiger partial charge in [0.05, 0.1) is 6.61 Å². The molecule has 0 N–H and O–H groups in total. The summed E-state index contributed by atoms with van der Waals surface area (Å²) in [6, 6.07) is 5.57. The molecule has 3 heteroatoms. The Labute approximate surface area is 110 Å². The van der Waals surface area contributed by atoms with Gasteiger partial charge in [0.25, 0.3) is 0 Å². The number of halogens is 1. The summed E-state index contributed by atoms with van der Waals surface area (Å²) >= 11 is 3.40. The number of Topliss-reactive ketones (excluding diaryl/α,β-unsaturated/α-hetero) is 1. The highest BCUT2D eigenvalue weighted by molar-refractivity contribution is 9.10. The molecule has 0 aliphatic heterocycles. The summed E-state index contributed by atoms with van der Waals surface area (Å²) in [5, 5.41) is 0. The first-order valence-electron chi connectivity index (χ1n) is 6.10. The molecule has 1 fully saturated rings. The van der Waals surface area contributed by atoms with Gasteiger partial charge in [-0.1, -0.05) is 12.8 Å². The van der Waals surface area contributed by atoms with Gasteiger partial charge in [-0.3, -0.25) is 4.79 Å². The van der Waals surface area contributed by atoms with E-state index in [4.69, 9.17) is 4.74 Å². The van der Waals surface area contributed by atoms with E-state index in [1.54, 1.807) is 6.92 Å². The Morgan fingerprint density at radius 2 is 2.12 bits per heavy atom. The van der Waals surface area contributed by atoms with E-state index in [-0.39, 0.29) is 5.78 Å². The van der Waals surface area contributed by atoms with Crippen LogP contribution < -0.4 is 4.74 Å². The van der Waals surface area contributed by atoms with Gasteiger partial charge in [0.2, 0.25) is 0 Å². The molecule has 1 aromatic carbocycles. The van der Waals surface area contributed by atoms with E-state index in [0.717, 1.165) is 16.8 Å². The lowest BCUT2D eigenvalue weighted by molar-refractivity contribution is 0.101. The van der Waals surface area contributed by atoms with Gasteiger partial charge < -0.3 is 4.74 Å². The summed E-state index contributed by atoms with van der Waals surface area (Å²) < 4.78 is 6.58. The molecule has 0 atom stereocenters. The minimum atomic E-state index is 0.0687. The monoisotopic (exact) mass is 296 g/mol. The lowest BCUT2D eigenvalue weighted by Gasteiger charge is -2.12. The molecule has 0 radical (unpaired) electrons. The number of hydrogen-bond acceptors (Lipinski definition) is 2. The molecule has 2 nitrogen and oxygen atoms in total. The summed E-state index contributed by atoms with van der Waals surface area (Å²) in [6.45, 7) is 2.37. The van der Waals surface area contributed by atoms with Gasteiger partial charge in [-0.15, -0.1) is 0 Å². The number of ketones is 1. The van der Waals surface area contributed by atoms with Gasteiger partial charge in [-0.25, -0.2) is 0 Å². The Morgan fingerprint density at radius 1 is 1.41 bits per heavy atom. The molecule has 17 heavy (non-hydrogen) atoms. The largest absolute Gasteiger partial charge is 0.493 e. The predicted octanol–water partition coefficient (Wildman–Crippen LogP) is 4.22. The number of benzene rings is 1. The maximum Gasteiger partial charge on any atom is 0.160 e. The van der Waals surface area contributed by atoms with Crippen LogP contribution in [-0.2, 0) is 0 Å². The highest BCUT2D eigenvalue weighted by Crippen LogP contribution is 2.27. The Kier molecular flexibility index (Phi) is 4.21. The summed E-state index contributed by atoms with van der Waals surface area (Å²) in [5.41, 5.74) is 0.707. The van der Waals surface area contributed by atoms with Crippen LogP contribution in [0, 0.1) is 5.92 Å². The third-order valence-corrected chi connectivity index (χ3v) is 3.94. The molecule has 1 aromatic rings. The Morgan fingerprint density at radius 3 is 2.71 bits per heavy atom. The third kappa shape index (κ3) is 3.32. The molecule has 0 amide bonds. The smallest absolute Gasteiger partial charge is 0.160 e. The molecule has 1 aliphatic carbocycles. The molecule has 0 saturated heterocycles. The van der Waals surface area contributed by atoms with Gasteiger partial charge >= 0.3 is 0 Å². The maximum atomic E-state index is 11.3. The average molecular weight is 297 g/mol. The summed E-state index contributed by atoms with van der Waals surface area (Å²) in [6.07, 6.45) is 5.24. The van der Waals surface area contributed by atoms with Crippen molar-refractivity contribution >= 4 is 21.7 Å². The zero-order valence-electron chi connectivity index (χ0n) is 10.0. The number of rotatable bonds is 4. The molecule has 0 unspecified atom stereocenters. The minimum absolute atomic E-state index is 0.0687. The molecule has 92 valence electrons. The zero-order chi connectivity index (χ0) is 12.3. The van der Waals surface area contributed by atoms with Crippen molar-refractivity contribution < 1.29 is 9.53 Å². The second-order valence-corrected chi connectivity index (χ2v) is 5.51. The van der Waals surface area contributed by atoms with Crippen molar-refractivity contribution in [1.29, 1.82) is 0 Å². The van der Waals surface area contributed by atoms with Crippen molar-refractivity contribution in [3.05, 3.63) is 28.2 Å². The normalized spacial score (nSPS) is 16.1. The van der Waals surface area contributed by atoms with E-state index in [1.165, 1.54) is 25.7 Å². The topological polar surface area (TPSA) is 26.3 Å². The molecule has 0 aromatic heterocycles. The number of hydrogen-bond donors (Lipinski definition) is 0. The van der Waals surface area contributed by atoms with Crippen molar-refractivity contribution in [1.82, 2.24) is 0 Å². The van der Waals surface area contributed by atoms with Crippen LogP contribution in [0.4, 0.5) is 0 Å². The Balaban J connectivity index is 1.97. The lowest BCUT2D eigenvalue weighted by atomic mass is 10.1. The van der Waals surface area contributed by atoms with E-state index in [1.807, 2.05) is 18.2 Å². The average Bonchev–Trinajstić information content (AvgIpc) is 2.78. The van der Waals surface area contributed by atoms with Crippen molar-refractivity contribution in [2.75, 3.05) is 6.61 Å². The van der Waals surface area contributed by atoms with Crippen molar-refractivity contribution in [3.8, 4) is 5.75 Å². The predicted molar refractivity (Wildman–Crippen MR) is 71.6 cm³/mol. The first-order valence-corrected chi connectivity index (χ1v) is 6.89. The van der Waals surface area contributed by atoms with Crippen LogP contribution in [0.1, 0.15) is 43.0 Å². The van der Waals surface area contributed by atoms with Gasteiger partial charge in [0, 0.05) is 10.0 Å². The highest BCUT2D eigenvalue weighted by Gasteiger charge is 2.15. The second kappa shape index (κ2) is 5.67. The van der Waals surface area contributed by atoms with Crippen LogP contribution in [0.2, 0.25) is 0 Å². The Bertz CT molecular complexity index is 409. The molecule has 2 rings (SSSR count). The summed E-state index contributed by atoms with van der Waals surface area (Å²) in [4.78, 5) is 11.3. The van der Waals surface area contributed by atoms with E-state index in [0.29, 0.717) is 11.5 Å². The molecule has 0 heterocycles. The van der Waals surface area contributed by atoms with Gasteiger partial charge in [-0.05, 0) is 59.8 Å². The fourth-order valence-electron chi connectivity index (χ4n) is 2.26. The molecular formula is C14H17BrO2. The van der Waals surface area contributed by atoms with Crippen LogP contribution in [0.5, 0.6) is 5.75 Å². The van der Waals surface area contributed by atoms with Gasteiger partial charge in [0.15, 0.2) is 5.78 Å². The van der Waals surface area contributed by atoms with E-state index < -0.39 is 0 Å². The lowest BCUT2D eigenvalue weighted by Crippen LogP contribution is -2.08. The second-order valence-electron chi connectivity index (χ2n) is 4.66.